The van der Waals surface area contributed by atoms with E-state index in [1.165, 1.54) is 26.2 Å². The van der Waals surface area contributed by atoms with Crippen LogP contribution in [0.1, 0.15) is 44.4 Å². The Bertz CT molecular complexity index is 1120. The maximum absolute atomic E-state index is 13.3. The minimum absolute atomic E-state index is 0.0230. The standard InChI is InChI=1S/C25H24F3NO3/c1-15-21(23(31)32-5)20(13-16-9-11-17(12-10-16)24(2,3)4)22(30)29(15)19-8-6-7-18(14-19)25(26,27)28/h6-14H,1-5H3/b20-13-. The number of esters is 1. The van der Waals surface area contributed by atoms with Gasteiger partial charge in [-0.1, -0.05) is 51.1 Å². The van der Waals surface area contributed by atoms with Crippen LogP contribution < -0.4 is 4.90 Å². The number of nitrogens with zero attached hydrogens (tertiary/aromatic N) is 1. The molecule has 0 N–H and O–H groups in total. The van der Waals surface area contributed by atoms with Crippen molar-refractivity contribution in [1.29, 1.82) is 0 Å². The van der Waals surface area contributed by atoms with Gasteiger partial charge in [0.15, 0.2) is 0 Å². The fourth-order valence-electron chi connectivity index (χ4n) is 3.56. The van der Waals surface area contributed by atoms with Crippen molar-refractivity contribution in [2.75, 3.05) is 12.0 Å². The van der Waals surface area contributed by atoms with Gasteiger partial charge in [0, 0.05) is 11.4 Å². The van der Waals surface area contributed by atoms with Gasteiger partial charge >= 0.3 is 12.1 Å². The molecule has 0 aliphatic carbocycles. The summed E-state index contributed by atoms with van der Waals surface area (Å²) < 4.78 is 44.4. The average Bonchev–Trinajstić information content (AvgIpc) is 2.96. The van der Waals surface area contributed by atoms with Gasteiger partial charge in [-0.3, -0.25) is 9.69 Å². The first kappa shape index (κ1) is 23.3. The summed E-state index contributed by atoms with van der Waals surface area (Å²) in [7, 11) is 1.19. The van der Waals surface area contributed by atoms with E-state index in [4.69, 9.17) is 4.74 Å². The van der Waals surface area contributed by atoms with Gasteiger partial charge in [0.2, 0.25) is 0 Å². The number of carbonyl (C=O) groups excluding carboxylic acids is 2. The van der Waals surface area contributed by atoms with Crippen molar-refractivity contribution >= 4 is 23.6 Å². The number of amides is 1. The normalized spacial score (nSPS) is 16.2. The van der Waals surface area contributed by atoms with Crippen molar-refractivity contribution < 1.29 is 27.5 Å². The van der Waals surface area contributed by atoms with Gasteiger partial charge in [-0.15, -0.1) is 0 Å². The van der Waals surface area contributed by atoms with Crippen LogP contribution in [-0.4, -0.2) is 19.0 Å². The van der Waals surface area contributed by atoms with Crippen molar-refractivity contribution in [2.24, 2.45) is 0 Å². The molecule has 4 nitrogen and oxygen atoms in total. The highest BCUT2D eigenvalue weighted by Crippen LogP contribution is 2.38. The second-order valence-corrected chi connectivity index (χ2v) is 8.57. The molecular weight excluding hydrogens is 419 g/mol. The molecule has 2 aromatic rings. The fourth-order valence-corrected chi connectivity index (χ4v) is 3.56. The Labute approximate surface area is 185 Å². The van der Waals surface area contributed by atoms with E-state index >= 15 is 0 Å². The smallest absolute Gasteiger partial charge is 0.416 e. The van der Waals surface area contributed by atoms with Crippen molar-refractivity contribution in [2.45, 2.75) is 39.3 Å². The zero-order valence-electron chi connectivity index (χ0n) is 18.5. The Kier molecular flexibility index (Phi) is 6.05. The summed E-state index contributed by atoms with van der Waals surface area (Å²) in [4.78, 5) is 26.9. The lowest BCUT2D eigenvalue weighted by Gasteiger charge is -2.19. The summed E-state index contributed by atoms with van der Waals surface area (Å²) in [5, 5.41) is 0. The van der Waals surface area contributed by atoms with E-state index in [0.717, 1.165) is 22.6 Å². The van der Waals surface area contributed by atoms with Crippen LogP contribution in [-0.2, 0) is 25.9 Å². The van der Waals surface area contributed by atoms with Gasteiger partial charge in [0.1, 0.15) is 0 Å². The molecular formula is C25H24F3NO3. The van der Waals surface area contributed by atoms with E-state index < -0.39 is 23.6 Å². The maximum Gasteiger partial charge on any atom is 0.416 e. The molecule has 32 heavy (non-hydrogen) atoms. The average molecular weight is 443 g/mol. The Balaban J connectivity index is 2.10. The van der Waals surface area contributed by atoms with Gasteiger partial charge in [-0.05, 0) is 47.7 Å². The quantitative estimate of drug-likeness (QED) is 0.440. The van der Waals surface area contributed by atoms with Crippen LogP contribution in [0.3, 0.4) is 0 Å². The molecule has 0 fully saturated rings. The number of hydrogen-bond acceptors (Lipinski definition) is 3. The van der Waals surface area contributed by atoms with Crippen molar-refractivity contribution in [3.8, 4) is 0 Å². The molecule has 1 aliphatic rings. The van der Waals surface area contributed by atoms with Crippen molar-refractivity contribution in [3.05, 3.63) is 82.1 Å². The Morgan fingerprint density at radius 2 is 1.62 bits per heavy atom. The summed E-state index contributed by atoms with van der Waals surface area (Å²) in [6.45, 7) is 7.74. The first-order valence-electron chi connectivity index (χ1n) is 9.98. The van der Waals surface area contributed by atoms with Gasteiger partial charge in [0.05, 0.1) is 23.8 Å². The molecule has 0 saturated heterocycles. The zero-order valence-corrected chi connectivity index (χ0v) is 18.5. The first-order valence-corrected chi connectivity index (χ1v) is 9.98. The Morgan fingerprint density at radius 3 is 2.16 bits per heavy atom. The third-order valence-electron chi connectivity index (χ3n) is 5.31. The van der Waals surface area contributed by atoms with E-state index in [1.54, 1.807) is 6.08 Å². The first-order chi connectivity index (χ1) is 14.8. The van der Waals surface area contributed by atoms with Crippen LogP contribution in [0.5, 0.6) is 0 Å². The number of allylic oxidation sites excluding steroid dienone is 1. The van der Waals surface area contributed by atoms with E-state index in [2.05, 4.69) is 20.8 Å². The maximum atomic E-state index is 13.3. The molecule has 0 saturated carbocycles. The largest absolute Gasteiger partial charge is 0.465 e. The molecule has 0 spiro atoms. The van der Waals surface area contributed by atoms with Crippen LogP contribution in [0.4, 0.5) is 18.9 Å². The number of halogens is 3. The predicted octanol–water partition coefficient (Wildman–Crippen LogP) is 5.88. The van der Waals surface area contributed by atoms with E-state index in [-0.39, 0.29) is 27.9 Å². The van der Waals surface area contributed by atoms with Gasteiger partial charge in [0.25, 0.3) is 5.91 Å². The predicted molar refractivity (Wildman–Crippen MR) is 117 cm³/mol. The van der Waals surface area contributed by atoms with Crippen LogP contribution >= 0.6 is 0 Å². The Hall–Kier alpha value is -3.35. The van der Waals surface area contributed by atoms with Gasteiger partial charge in [-0.2, -0.15) is 13.2 Å². The molecule has 168 valence electrons. The SMILES string of the molecule is COC(=O)C1=C(C)N(c2cccc(C(F)(F)F)c2)C(=O)/C1=C\c1ccc(C(C)(C)C)cc1. The number of carbonyl (C=O) groups is 2. The van der Waals surface area contributed by atoms with Gasteiger partial charge in [-0.25, -0.2) is 4.79 Å². The molecule has 0 aromatic heterocycles. The van der Waals surface area contributed by atoms with Crippen molar-refractivity contribution in [1.82, 2.24) is 0 Å². The molecule has 7 heteroatoms. The number of methoxy groups -OCH3 is 1. The molecule has 0 bridgehead atoms. The van der Waals surface area contributed by atoms with Crippen molar-refractivity contribution in [3.63, 3.8) is 0 Å². The van der Waals surface area contributed by atoms with Crippen LogP contribution in [0, 0.1) is 0 Å². The zero-order chi connectivity index (χ0) is 23.8. The number of anilines is 1. The number of hydrogen-bond donors (Lipinski definition) is 0. The third kappa shape index (κ3) is 4.47. The summed E-state index contributed by atoms with van der Waals surface area (Å²) in [6.07, 6.45) is -3.01. The highest BCUT2D eigenvalue weighted by molar-refractivity contribution is 6.23. The molecule has 0 radical (unpaired) electrons. The lowest BCUT2D eigenvalue weighted by molar-refractivity contribution is -0.137. The highest BCUT2D eigenvalue weighted by atomic mass is 19.4. The summed E-state index contributed by atoms with van der Waals surface area (Å²) in [6, 6.07) is 12.0. The van der Waals surface area contributed by atoms with Crippen LogP contribution in [0.25, 0.3) is 6.08 Å². The van der Waals surface area contributed by atoms with Crippen LogP contribution in [0.2, 0.25) is 0 Å². The Morgan fingerprint density at radius 1 is 1.00 bits per heavy atom. The number of ether oxygens (including phenoxy) is 1. The lowest BCUT2D eigenvalue weighted by Crippen LogP contribution is -2.25. The van der Waals surface area contributed by atoms with Crippen LogP contribution in [0.15, 0.2) is 65.4 Å². The third-order valence-corrected chi connectivity index (χ3v) is 5.31. The molecule has 0 atom stereocenters. The molecule has 0 unspecified atom stereocenters. The van der Waals surface area contributed by atoms with Gasteiger partial charge < -0.3 is 4.74 Å². The minimum atomic E-state index is -4.56. The highest BCUT2D eigenvalue weighted by Gasteiger charge is 2.39. The minimum Gasteiger partial charge on any atom is -0.465 e. The monoisotopic (exact) mass is 443 g/mol. The molecule has 2 aromatic carbocycles. The summed E-state index contributed by atoms with van der Waals surface area (Å²) >= 11 is 0. The lowest BCUT2D eigenvalue weighted by atomic mass is 9.86. The second kappa shape index (κ2) is 8.30. The van der Waals surface area contributed by atoms with E-state index in [1.807, 2.05) is 24.3 Å². The topological polar surface area (TPSA) is 46.6 Å². The summed E-state index contributed by atoms with van der Waals surface area (Å²) in [5.41, 5.74) is 1.16. The van der Waals surface area contributed by atoms with E-state index in [0.29, 0.717) is 5.56 Å². The number of alkyl halides is 3. The van der Waals surface area contributed by atoms with E-state index in [9.17, 15) is 22.8 Å². The number of rotatable bonds is 3. The molecule has 3 rings (SSSR count). The second-order valence-electron chi connectivity index (χ2n) is 8.57. The summed E-state index contributed by atoms with van der Waals surface area (Å²) in [5.74, 6) is -1.33. The molecule has 1 amide bonds. The molecule has 1 aliphatic heterocycles. The number of benzene rings is 2. The fraction of sp³-hybridized carbons (Fsp3) is 0.280. The molecule has 1 heterocycles.